The second-order valence-electron chi connectivity index (χ2n) is 4.28. The molecule has 1 fully saturated rings. The van der Waals surface area contributed by atoms with Crippen molar-refractivity contribution in [2.45, 2.75) is 25.8 Å². The molecule has 1 heterocycles. The summed E-state index contributed by atoms with van der Waals surface area (Å²) in [5.74, 6) is 0.140. The molecule has 0 spiro atoms. The molecule has 0 saturated carbocycles. The van der Waals surface area contributed by atoms with Crippen LogP contribution in [-0.4, -0.2) is 62.1 Å². The van der Waals surface area contributed by atoms with Gasteiger partial charge in [0.05, 0.1) is 0 Å². The minimum absolute atomic E-state index is 0.140. The van der Waals surface area contributed by atoms with Crippen molar-refractivity contribution in [3.63, 3.8) is 0 Å². The predicted octanol–water partition coefficient (Wildman–Crippen LogP) is 0.576. The Balaban J connectivity index is 2.41. The van der Waals surface area contributed by atoms with Gasteiger partial charge < -0.3 is 14.5 Å². The summed E-state index contributed by atoms with van der Waals surface area (Å²) in [7, 11) is 4.09. The van der Waals surface area contributed by atoms with Gasteiger partial charge in [-0.15, -0.1) is 0 Å². The fourth-order valence-corrected chi connectivity index (χ4v) is 2.05. The van der Waals surface area contributed by atoms with Crippen LogP contribution in [0.5, 0.6) is 0 Å². The molecule has 0 radical (unpaired) electrons. The first-order valence-electron chi connectivity index (χ1n) is 5.67. The highest BCUT2D eigenvalue weighted by atomic mass is 16.5. The Morgan fingerprint density at radius 3 is 2.87 bits per heavy atom. The maximum absolute atomic E-state index is 11.8. The summed E-state index contributed by atoms with van der Waals surface area (Å²) in [5.41, 5.74) is 0. The fraction of sp³-hybridized carbons (Fsp3) is 0.909. The van der Waals surface area contributed by atoms with Gasteiger partial charge in [-0.1, -0.05) is 0 Å². The highest BCUT2D eigenvalue weighted by Crippen LogP contribution is 2.17. The van der Waals surface area contributed by atoms with Crippen LogP contribution in [0.3, 0.4) is 0 Å². The van der Waals surface area contributed by atoms with Crippen molar-refractivity contribution in [2.75, 3.05) is 40.4 Å². The molecule has 0 aromatic rings. The lowest BCUT2D eigenvalue weighted by atomic mass is 10.2. The van der Waals surface area contributed by atoms with E-state index in [0.29, 0.717) is 12.6 Å². The molecule has 4 nitrogen and oxygen atoms in total. The molecule has 0 aromatic heterocycles. The monoisotopic (exact) mass is 214 g/mol. The van der Waals surface area contributed by atoms with E-state index in [9.17, 15) is 4.79 Å². The van der Waals surface area contributed by atoms with Crippen LogP contribution in [0.25, 0.3) is 0 Å². The van der Waals surface area contributed by atoms with E-state index in [-0.39, 0.29) is 12.5 Å². The summed E-state index contributed by atoms with van der Waals surface area (Å²) in [5, 5.41) is 0. The molecular weight excluding hydrogens is 192 g/mol. The van der Waals surface area contributed by atoms with E-state index >= 15 is 0 Å². The zero-order valence-electron chi connectivity index (χ0n) is 10.0. The molecule has 0 aliphatic carbocycles. The molecule has 1 amide bonds. The maximum Gasteiger partial charge on any atom is 0.248 e. The van der Waals surface area contributed by atoms with Crippen molar-refractivity contribution in [3.05, 3.63) is 0 Å². The van der Waals surface area contributed by atoms with Gasteiger partial charge in [-0.3, -0.25) is 4.79 Å². The highest BCUT2D eigenvalue weighted by Gasteiger charge is 2.28. The molecule has 1 rings (SSSR count). The Labute approximate surface area is 92.2 Å². The van der Waals surface area contributed by atoms with Crippen LogP contribution in [0.4, 0.5) is 0 Å². The zero-order valence-corrected chi connectivity index (χ0v) is 10.0. The Kier molecular flexibility index (Phi) is 5.05. The summed E-state index contributed by atoms with van der Waals surface area (Å²) in [4.78, 5) is 15.9. The molecule has 1 unspecified atom stereocenters. The molecule has 1 saturated heterocycles. The number of rotatable bonds is 5. The number of carbonyl (C=O) groups excluding carboxylic acids is 1. The number of ether oxygens (including phenoxy) is 1. The Morgan fingerprint density at radius 2 is 2.27 bits per heavy atom. The molecule has 0 bridgehead atoms. The fourth-order valence-electron chi connectivity index (χ4n) is 2.05. The minimum atomic E-state index is 0.140. The third kappa shape index (κ3) is 3.80. The number of amides is 1. The standard InChI is InChI=1S/C11H22N2O2/c1-4-15-9-11(14)13-7-5-6-10(13)8-12(2)3/h10H,4-9H2,1-3H3. The predicted molar refractivity (Wildman–Crippen MR) is 59.8 cm³/mol. The van der Waals surface area contributed by atoms with Crippen LogP contribution in [-0.2, 0) is 9.53 Å². The summed E-state index contributed by atoms with van der Waals surface area (Å²) in [6, 6.07) is 0.382. The molecule has 1 aliphatic heterocycles. The molecule has 1 aliphatic rings. The minimum Gasteiger partial charge on any atom is -0.372 e. The molecule has 0 N–H and O–H groups in total. The smallest absolute Gasteiger partial charge is 0.248 e. The molecule has 15 heavy (non-hydrogen) atoms. The van der Waals surface area contributed by atoms with Crippen LogP contribution < -0.4 is 0 Å². The van der Waals surface area contributed by atoms with Crippen LogP contribution >= 0.6 is 0 Å². The Bertz CT molecular complexity index is 207. The summed E-state index contributed by atoms with van der Waals surface area (Å²) < 4.78 is 5.16. The van der Waals surface area contributed by atoms with E-state index in [0.717, 1.165) is 25.9 Å². The average molecular weight is 214 g/mol. The van der Waals surface area contributed by atoms with Gasteiger partial charge in [0.15, 0.2) is 0 Å². The van der Waals surface area contributed by atoms with Crippen molar-refractivity contribution in [1.82, 2.24) is 9.80 Å². The number of nitrogens with zero attached hydrogens (tertiary/aromatic N) is 2. The summed E-state index contributed by atoms with van der Waals surface area (Å²) in [6.07, 6.45) is 2.24. The number of carbonyl (C=O) groups is 1. The molecule has 4 heteroatoms. The lowest BCUT2D eigenvalue weighted by molar-refractivity contribution is -0.137. The third-order valence-corrected chi connectivity index (χ3v) is 2.70. The largest absolute Gasteiger partial charge is 0.372 e. The average Bonchev–Trinajstić information content (AvgIpc) is 2.61. The third-order valence-electron chi connectivity index (χ3n) is 2.70. The first-order chi connectivity index (χ1) is 7.15. The maximum atomic E-state index is 11.8. The number of hydrogen-bond donors (Lipinski definition) is 0. The second-order valence-corrected chi connectivity index (χ2v) is 4.28. The van der Waals surface area contributed by atoms with E-state index in [2.05, 4.69) is 4.90 Å². The molecular formula is C11H22N2O2. The van der Waals surface area contributed by atoms with Crippen molar-refractivity contribution < 1.29 is 9.53 Å². The highest BCUT2D eigenvalue weighted by molar-refractivity contribution is 5.78. The Morgan fingerprint density at radius 1 is 1.53 bits per heavy atom. The number of likely N-dealkylation sites (tertiary alicyclic amines) is 1. The van der Waals surface area contributed by atoms with Gasteiger partial charge >= 0.3 is 0 Å². The normalized spacial score (nSPS) is 21.3. The van der Waals surface area contributed by atoms with E-state index in [4.69, 9.17) is 4.74 Å². The van der Waals surface area contributed by atoms with Crippen molar-refractivity contribution >= 4 is 5.91 Å². The van der Waals surface area contributed by atoms with Gasteiger partial charge in [0, 0.05) is 25.7 Å². The van der Waals surface area contributed by atoms with E-state index in [1.807, 2.05) is 25.9 Å². The topological polar surface area (TPSA) is 32.8 Å². The van der Waals surface area contributed by atoms with Gasteiger partial charge in [0.2, 0.25) is 5.91 Å². The molecule has 88 valence electrons. The van der Waals surface area contributed by atoms with Gasteiger partial charge in [-0.05, 0) is 33.9 Å². The number of hydrogen-bond acceptors (Lipinski definition) is 3. The van der Waals surface area contributed by atoms with Crippen LogP contribution in [0.1, 0.15) is 19.8 Å². The van der Waals surface area contributed by atoms with E-state index < -0.39 is 0 Å². The van der Waals surface area contributed by atoms with Gasteiger partial charge in [0.1, 0.15) is 6.61 Å². The van der Waals surface area contributed by atoms with Gasteiger partial charge in [-0.2, -0.15) is 0 Å². The van der Waals surface area contributed by atoms with Crippen LogP contribution in [0.15, 0.2) is 0 Å². The number of likely N-dealkylation sites (N-methyl/N-ethyl adjacent to an activating group) is 1. The second kappa shape index (κ2) is 6.08. The molecule has 0 aromatic carbocycles. The van der Waals surface area contributed by atoms with Gasteiger partial charge in [-0.25, -0.2) is 0 Å². The first kappa shape index (κ1) is 12.5. The van der Waals surface area contributed by atoms with Gasteiger partial charge in [0.25, 0.3) is 0 Å². The van der Waals surface area contributed by atoms with Crippen LogP contribution in [0.2, 0.25) is 0 Å². The quantitative estimate of drug-likeness (QED) is 0.671. The van der Waals surface area contributed by atoms with E-state index in [1.165, 1.54) is 0 Å². The van der Waals surface area contributed by atoms with Crippen molar-refractivity contribution in [2.24, 2.45) is 0 Å². The van der Waals surface area contributed by atoms with Crippen molar-refractivity contribution in [3.8, 4) is 0 Å². The van der Waals surface area contributed by atoms with Crippen LogP contribution in [0, 0.1) is 0 Å². The molecule has 1 atom stereocenters. The SMILES string of the molecule is CCOCC(=O)N1CCCC1CN(C)C. The first-order valence-corrected chi connectivity index (χ1v) is 5.67. The Hall–Kier alpha value is -0.610. The van der Waals surface area contributed by atoms with E-state index in [1.54, 1.807) is 0 Å². The summed E-state index contributed by atoms with van der Waals surface area (Å²) in [6.45, 7) is 4.61. The zero-order chi connectivity index (χ0) is 11.3. The summed E-state index contributed by atoms with van der Waals surface area (Å²) >= 11 is 0. The lowest BCUT2D eigenvalue weighted by Crippen LogP contribution is -2.42. The lowest BCUT2D eigenvalue weighted by Gasteiger charge is -2.27. The van der Waals surface area contributed by atoms with Crippen molar-refractivity contribution in [1.29, 1.82) is 0 Å².